The molecule has 0 rings (SSSR count). The highest BCUT2D eigenvalue weighted by atomic mass is 79.9. The number of carbonyl (C=O) groups is 1. The summed E-state index contributed by atoms with van der Waals surface area (Å²) in [5.74, 6) is 0.258. The van der Waals surface area contributed by atoms with Crippen LogP contribution in [0.1, 0.15) is 27.2 Å². The predicted molar refractivity (Wildman–Crippen MR) is 48.8 cm³/mol. The summed E-state index contributed by atoms with van der Waals surface area (Å²) >= 11 is 3.30. The minimum atomic E-state index is -0.105. The van der Waals surface area contributed by atoms with Gasteiger partial charge in [-0.3, -0.25) is 4.79 Å². The summed E-state index contributed by atoms with van der Waals surface area (Å²) < 4.78 is 4.96. The Kier molecular flexibility index (Phi) is 5.56. The van der Waals surface area contributed by atoms with Crippen molar-refractivity contribution in [2.45, 2.75) is 33.3 Å². The summed E-state index contributed by atoms with van der Waals surface area (Å²) in [5.41, 5.74) is 0. The van der Waals surface area contributed by atoms with E-state index in [0.29, 0.717) is 12.3 Å². The Morgan fingerprint density at radius 3 is 2.36 bits per heavy atom. The Morgan fingerprint density at radius 1 is 1.45 bits per heavy atom. The molecule has 0 heterocycles. The van der Waals surface area contributed by atoms with Crippen molar-refractivity contribution in [1.29, 1.82) is 0 Å². The number of hydrogen-bond donors (Lipinski definition) is 0. The maximum atomic E-state index is 11.0. The van der Waals surface area contributed by atoms with Gasteiger partial charge in [0.05, 0.1) is 6.10 Å². The molecule has 0 aliphatic carbocycles. The van der Waals surface area contributed by atoms with Crippen molar-refractivity contribution < 1.29 is 9.53 Å². The zero-order valence-electron chi connectivity index (χ0n) is 7.26. The van der Waals surface area contributed by atoms with Crippen molar-refractivity contribution in [2.75, 3.05) is 5.33 Å². The van der Waals surface area contributed by atoms with E-state index in [1.165, 1.54) is 0 Å². The average Bonchev–Trinajstić information content (AvgIpc) is 1.85. The first-order chi connectivity index (χ1) is 5.06. The van der Waals surface area contributed by atoms with Gasteiger partial charge < -0.3 is 4.74 Å². The molecule has 2 nitrogen and oxygen atoms in total. The first-order valence-electron chi connectivity index (χ1n) is 3.81. The molecule has 0 N–H and O–H groups in total. The summed E-state index contributed by atoms with van der Waals surface area (Å²) in [4.78, 5) is 11.0. The molecule has 0 aliphatic heterocycles. The normalized spacial score (nSPS) is 13.2. The molecule has 0 spiro atoms. The highest BCUT2D eigenvalue weighted by molar-refractivity contribution is 9.09. The molecule has 0 aromatic carbocycles. The second kappa shape index (κ2) is 5.58. The largest absolute Gasteiger partial charge is 0.463 e. The Morgan fingerprint density at radius 2 is 2.00 bits per heavy atom. The molecule has 3 heteroatoms. The van der Waals surface area contributed by atoms with E-state index in [9.17, 15) is 4.79 Å². The molecule has 11 heavy (non-hydrogen) atoms. The summed E-state index contributed by atoms with van der Waals surface area (Å²) in [6.07, 6.45) is 0.508. The molecule has 1 atom stereocenters. The van der Waals surface area contributed by atoms with E-state index in [0.717, 1.165) is 5.33 Å². The van der Waals surface area contributed by atoms with Crippen LogP contribution in [0.4, 0.5) is 0 Å². The molecule has 0 saturated heterocycles. The van der Waals surface area contributed by atoms with Crippen LogP contribution in [-0.4, -0.2) is 17.4 Å². The van der Waals surface area contributed by atoms with Crippen molar-refractivity contribution in [3.05, 3.63) is 0 Å². The standard InChI is InChI=1S/C8H15BrO2/c1-6(2)11-8(10)4-7(3)5-9/h6-7H,4-5H2,1-3H3/t7-/m1/s1. The molecule has 0 aliphatic rings. The number of ether oxygens (including phenoxy) is 1. The van der Waals surface area contributed by atoms with E-state index in [4.69, 9.17) is 4.74 Å². The van der Waals surface area contributed by atoms with E-state index in [1.807, 2.05) is 20.8 Å². The molecule has 0 amide bonds. The number of hydrogen-bond acceptors (Lipinski definition) is 2. The summed E-state index contributed by atoms with van der Waals surface area (Å²) in [5, 5.41) is 0.847. The highest BCUT2D eigenvalue weighted by Crippen LogP contribution is 2.07. The zero-order chi connectivity index (χ0) is 8.85. The fourth-order valence-corrected chi connectivity index (χ4v) is 0.879. The lowest BCUT2D eigenvalue weighted by molar-refractivity contribution is -0.148. The topological polar surface area (TPSA) is 26.3 Å². The second-order valence-corrected chi connectivity index (χ2v) is 3.65. The minimum absolute atomic E-state index is 0.00465. The second-order valence-electron chi connectivity index (χ2n) is 3.00. The number of halogens is 1. The van der Waals surface area contributed by atoms with Crippen LogP contribution < -0.4 is 0 Å². The fraction of sp³-hybridized carbons (Fsp3) is 0.875. The van der Waals surface area contributed by atoms with Gasteiger partial charge in [0, 0.05) is 11.8 Å². The van der Waals surface area contributed by atoms with Gasteiger partial charge in [-0.25, -0.2) is 0 Å². The smallest absolute Gasteiger partial charge is 0.306 e. The van der Waals surface area contributed by atoms with Gasteiger partial charge in [-0.1, -0.05) is 22.9 Å². The Balaban J connectivity index is 3.52. The zero-order valence-corrected chi connectivity index (χ0v) is 8.85. The van der Waals surface area contributed by atoms with Crippen molar-refractivity contribution in [2.24, 2.45) is 5.92 Å². The van der Waals surface area contributed by atoms with E-state index in [2.05, 4.69) is 15.9 Å². The van der Waals surface area contributed by atoms with Gasteiger partial charge in [-0.15, -0.1) is 0 Å². The van der Waals surface area contributed by atoms with E-state index in [1.54, 1.807) is 0 Å². The summed E-state index contributed by atoms with van der Waals surface area (Å²) in [6.45, 7) is 5.73. The van der Waals surface area contributed by atoms with Crippen LogP contribution in [0.25, 0.3) is 0 Å². The van der Waals surface area contributed by atoms with Gasteiger partial charge in [-0.2, -0.15) is 0 Å². The molecular weight excluding hydrogens is 208 g/mol. The molecule has 0 fully saturated rings. The van der Waals surface area contributed by atoms with E-state index >= 15 is 0 Å². The van der Waals surface area contributed by atoms with Crippen molar-refractivity contribution in [3.8, 4) is 0 Å². The number of carbonyl (C=O) groups excluding carboxylic acids is 1. The van der Waals surface area contributed by atoms with Crippen molar-refractivity contribution in [3.63, 3.8) is 0 Å². The maximum absolute atomic E-state index is 11.0. The van der Waals surface area contributed by atoms with Crippen LogP contribution in [0.3, 0.4) is 0 Å². The van der Waals surface area contributed by atoms with E-state index < -0.39 is 0 Å². The quantitative estimate of drug-likeness (QED) is 0.540. The lowest BCUT2D eigenvalue weighted by Gasteiger charge is -2.10. The Hall–Kier alpha value is -0.0500. The lowest BCUT2D eigenvalue weighted by Crippen LogP contribution is -2.14. The maximum Gasteiger partial charge on any atom is 0.306 e. The van der Waals surface area contributed by atoms with Gasteiger partial charge >= 0.3 is 5.97 Å². The minimum Gasteiger partial charge on any atom is -0.463 e. The average molecular weight is 223 g/mol. The van der Waals surface area contributed by atoms with Crippen LogP contribution in [-0.2, 0) is 9.53 Å². The van der Waals surface area contributed by atoms with E-state index in [-0.39, 0.29) is 12.1 Å². The highest BCUT2D eigenvalue weighted by Gasteiger charge is 2.09. The van der Waals surface area contributed by atoms with Gasteiger partial charge in [0.2, 0.25) is 0 Å². The van der Waals surface area contributed by atoms with Crippen LogP contribution in [0.15, 0.2) is 0 Å². The lowest BCUT2D eigenvalue weighted by atomic mass is 10.1. The molecule has 0 aromatic rings. The molecule has 0 saturated carbocycles. The predicted octanol–water partition coefficient (Wildman–Crippen LogP) is 2.36. The number of esters is 1. The fourth-order valence-electron chi connectivity index (χ4n) is 0.650. The Bertz CT molecular complexity index is 123. The van der Waals surface area contributed by atoms with Gasteiger partial charge in [-0.05, 0) is 19.8 Å². The van der Waals surface area contributed by atoms with Gasteiger partial charge in [0.25, 0.3) is 0 Å². The third-order valence-corrected chi connectivity index (χ3v) is 2.25. The number of alkyl halides is 1. The molecular formula is C8H15BrO2. The van der Waals surface area contributed by atoms with Crippen LogP contribution in [0, 0.1) is 5.92 Å². The van der Waals surface area contributed by atoms with Gasteiger partial charge in [0.15, 0.2) is 0 Å². The SMILES string of the molecule is CC(C)OC(=O)C[C@@H](C)CBr. The monoisotopic (exact) mass is 222 g/mol. The van der Waals surface area contributed by atoms with Crippen molar-refractivity contribution in [1.82, 2.24) is 0 Å². The van der Waals surface area contributed by atoms with Crippen LogP contribution in [0.5, 0.6) is 0 Å². The first kappa shape index (κ1) is 11.0. The molecule has 0 unspecified atom stereocenters. The van der Waals surface area contributed by atoms with Crippen LogP contribution in [0.2, 0.25) is 0 Å². The molecule has 0 bridgehead atoms. The number of rotatable bonds is 4. The molecule has 66 valence electrons. The van der Waals surface area contributed by atoms with Crippen molar-refractivity contribution >= 4 is 21.9 Å². The molecule has 0 radical (unpaired) electrons. The first-order valence-corrected chi connectivity index (χ1v) is 4.93. The van der Waals surface area contributed by atoms with Crippen LogP contribution >= 0.6 is 15.9 Å². The summed E-state index contributed by atoms with van der Waals surface area (Å²) in [7, 11) is 0. The third kappa shape index (κ3) is 6.35. The third-order valence-electron chi connectivity index (χ3n) is 1.15. The van der Waals surface area contributed by atoms with Gasteiger partial charge in [0.1, 0.15) is 0 Å². The molecule has 0 aromatic heterocycles. The Labute approximate surface area is 76.4 Å². The summed E-state index contributed by atoms with van der Waals surface area (Å²) in [6, 6.07) is 0.